The molecule has 0 aliphatic carbocycles. The Morgan fingerprint density at radius 3 is 2.63 bits per heavy atom. The van der Waals surface area contributed by atoms with Gasteiger partial charge in [0.15, 0.2) is 0 Å². The molecule has 0 spiro atoms. The lowest BCUT2D eigenvalue weighted by Crippen LogP contribution is -2.51. The maximum absolute atomic E-state index is 13.1. The molecule has 0 radical (unpaired) electrons. The summed E-state index contributed by atoms with van der Waals surface area (Å²) in [5.41, 5.74) is 5.87. The number of hydrogen-bond acceptors (Lipinski definition) is 9. The lowest BCUT2D eigenvalue weighted by Gasteiger charge is -2.32. The number of hydrogen-bond donors (Lipinski definition) is 1. The lowest BCUT2D eigenvalue weighted by molar-refractivity contribution is -0.141. The Labute approximate surface area is 296 Å². The fourth-order valence-electron chi connectivity index (χ4n) is 7.50. The van der Waals surface area contributed by atoms with Gasteiger partial charge in [-0.2, -0.15) is 0 Å². The number of amides is 3. The molecule has 2 aromatic carbocycles. The summed E-state index contributed by atoms with van der Waals surface area (Å²) in [7, 11) is 3.45. The Hall–Kier alpha value is -5.39. The standard InChI is InChI=1S/C39H44N6O6/c1-5-43(28-8-7-25(24(2)15-28)20-45(23-46)32-9-10-36(47)41-38(32)48)14-11-26-22-51-34-17-27(16-33(50-4)37(26)34)31-21-42(3)39(49)30-19-40-35(18-29(30)31)44-12-6-13-44/h7-8,15-19,21,23,26,32H,5-6,9-14,20,22H2,1-4H3,(H,41,47,48). The zero-order chi connectivity index (χ0) is 35.8. The first kappa shape index (κ1) is 34.1. The molecule has 2 aromatic heterocycles. The van der Waals surface area contributed by atoms with E-state index in [0.717, 1.165) is 95.2 Å². The van der Waals surface area contributed by atoms with Gasteiger partial charge in [0.1, 0.15) is 23.4 Å². The van der Waals surface area contributed by atoms with Crippen molar-refractivity contribution in [1.82, 2.24) is 19.8 Å². The number of piperidine rings is 1. The summed E-state index contributed by atoms with van der Waals surface area (Å²) in [5.74, 6) is 1.85. The Kier molecular flexibility index (Phi) is 9.41. The Morgan fingerprint density at radius 2 is 1.94 bits per heavy atom. The van der Waals surface area contributed by atoms with Crippen molar-refractivity contribution in [3.8, 4) is 22.6 Å². The van der Waals surface area contributed by atoms with Crippen LogP contribution in [0.15, 0.2) is 53.6 Å². The summed E-state index contributed by atoms with van der Waals surface area (Å²) in [6, 6.07) is 11.7. The van der Waals surface area contributed by atoms with Gasteiger partial charge in [0, 0.05) is 86.7 Å². The highest BCUT2D eigenvalue weighted by Crippen LogP contribution is 2.46. The van der Waals surface area contributed by atoms with Crippen LogP contribution in [0.3, 0.4) is 0 Å². The smallest absolute Gasteiger partial charge is 0.259 e. The summed E-state index contributed by atoms with van der Waals surface area (Å²) in [6.45, 7) is 8.51. The van der Waals surface area contributed by atoms with Crippen LogP contribution in [0.25, 0.3) is 21.9 Å². The number of nitrogens with zero attached hydrogens (tertiary/aromatic N) is 5. The summed E-state index contributed by atoms with van der Waals surface area (Å²) in [5, 5.41) is 3.78. The van der Waals surface area contributed by atoms with E-state index in [0.29, 0.717) is 24.8 Å². The third kappa shape index (κ3) is 6.50. The number of imide groups is 1. The van der Waals surface area contributed by atoms with Crippen molar-refractivity contribution < 1.29 is 23.9 Å². The summed E-state index contributed by atoms with van der Waals surface area (Å²) < 4.78 is 13.9. The van der Waals surface area contributed by atoms with Crippen LogP contribution >= 0.6 is 0 Å². The largest absolute Gasteiger partial charge is 0.496 e. The number of rotatable bonds is 12. The third-order valence-electron chi connectivity index (χ3n) is 10.6. The molecule has 12 nitrogen and oxygen atoms in total. The van der Waals surface area contributed by atoms with Gasteiger partial charge in [-0.1, -0.05) is 6.07 Å². The zero-order valence-electron chi connectivity index (χ0n) is 29.6. The predicted molar refractivity (Wildman–Crippen MR) is 195 cm³/mol. The summed E-state index contributed by atoms with van der Waals surface area (Å²) in [6.07, 6.45) is 6.80. The van der Waals surface area contributed by atoms with Crippen LogP contribution in [0.5, 0.6) is 11.5 Å². The average Bonchev–Trinajstić information content (AvgIpc) is 3.52. The van der Waals surface area contributed by atoms with Crippen molar-refractivity contribution in [2.45, 2.75) is 58.0 Å². The van der Waals surface area contributed by atoms with Crippen molar-refractivity contribution in [3.05, 3.63) is 75.8 Å². The van der Waals surface area contributed by atoms with Crippen LogP contribution in [-0.4, -0.2) is 78.6 Å². The second-order valence-electron chi connectivity index (χ2n) is 13.7. The summed E-state index contributed by atoms with van der Waals surface area (Å²) >= 11 is 0. The SMILES string of the molecule is CCN(CCC1COc2cc(-c3cn(C)c(=O)c4cnc(N5CCC5)cc34)cc(OC)c21)c1ccc(CN(C=O)C2CCC(=O)NC2=O)c(C)c1. The first-order chi connectivity index (χ1) is 24.7. The summed E-state index contributed by atoms with van der Waals surface area (Å²) in [4.78, 5) is 59.6. The van der Waals surface area contributed by atoms with Crippen molar-refractivity contribution in [2.24, 2.45) is 7.05 Å². The number of aromatic nitrogens is 2. The topological polar surface area (TPSA) is 126 Å². The minimum absolute atomic E-state index is 0.0821. The van der Waals surface area contributed by atoms with Gasteiger partial charge in [0.05, 0.1) is 19.1 Å². The number of nitrogens with one attached hydrogen (secondary N) is 1. The van der Waals surface area contributed by atoms with Gasteiger partial charge >= 0.3 is 0 Å². The third-order valence-corrected chi connectivity index (χ3v) is 10.6. The normalized spacial score (nSPS) is 18.2. The molecule has 1 N–H and O–H groups in total. The molecule has 0 saturated carbocycles. The Bertz CT molecular complexity index is 2070. The van der Waals surface area contributed by atoms with E-state index in [1.165, 1.54) is 4.90 Å². The zero-order valence-corrected chi connectivity index (χ0v) is 29.6. The van der Waals surface area contributed by atoms with Crippen molar-refractivity contribution in [2.75, 3.05) is 49.7 Å². The van der Waals surface area contributed by atoms with E-state index in [1.807, 2.05) is 25.3 Å². The molecule has 2 saturated heterocycles. The van der Waals surface area contributed by atoms with E-state index >= 15 is 0 Å². The fourth-order valence-corrected chi connectivity index (χ4v) is 7.50. The molecule has 4 aromatic rings. The van der Waals surface area contributed by atoms with Gasteiger partial charge in [-0.3, -0.25) is 24.5 Å². The van der Waals surface area contributed by atoms with Gasteiger partial charge in [0.2, 0.25) is 18.2 Å². The number of fused-ring (bicyclic) bond motifs is 2. The molecule has 2 atom stereocenters. The molecule has 5 heterocycles. The maximum Gasteiger partial charge on any atom is 0.259 e. The Balaban J connectivity index is 1.09. The molecule has 3 aliphatic heterocycles. The number of carbonyl (C=O) groups excluding carboxylic acids is 3. The van der Waals surface area contributed by atoms with E-state index < -0.39 is 11.9 Å². The monoisotopic (exact) mass is 692 g/mol. The second kappa shape index (κ2) is 14.1. The fraction of sp³-hybridized carbons (Fsp3) is 0.410. The van der Waals surface area contributed by atoms with Crippen LogP contribution in [0.1, 0.15) is 55.2 Å². The number of aryl methyl sites for hydroxylation is 2. The van der Waals surface area contributed by atoms with Crippen LogP contribution in [0.4, 0.5) is 11.5 Å². The molecule has 0 bridgehead atoms. The molecule has 7 rings (SSSR count). The highest BCUT2D eigenvalue weighted by molar-refractivity contribution is 6.01. The van der Waals surface area contributed by atoms with Gasteiger partial charge < -0.3 is 28.7 Å². The van der Waals surface area contributed by atoms with Crippen LogP contribution in [-0.2, 0) is 28.0 Å². The number of pyridine rings is 2. The number of ether oxygens (including phenoxy) is 2. The maximum atomic E-state index is 13.1. The van der Waals surface area contributed by atoms with E-state index in [9.17, 15) is 19.2 Å². The average molecular weight is 693 g/mol. The van der Waals surface area contributed by atoms with Crippen molar-refractivity contribution in [1.29, 1.82) is 0 Å². The van der Waals surface area contributed by atoms with Gasteiger partial charge in [-0.05, 0) is 80.1 Å². The highest BCUT2D eigenvalue weighted by atomic mass is 16.5. The molecule has 3 aliphatic rings. The minimum Gasteiger partial charge on any atom is -0.496 e. The minimum atomic E-state index is -0.656. The van der Waals surface area contributed by atoms with E-state index in [1.54, 1.807) is 24.9 Å². The van der Waals surface area contributed by atoms with E-state index in [2.05, 4.69) is 51.3 Å². The van der Waals surface area contributed by atoms with Gasteiger partial charge in [-0.15, -0.1) is 0 Å². The number of benzene rings is 2. The predicted octanol–water partition coefficient (Wildman–Crippen LogP) is 4.28. The quantitative estimate of drug-likeness (QED) is 0.171. The van der Waals surface area contributed by atoms with Crippen LogP contribution in [0, 0.1) is 6.92 Å². The molecule has 3 amide bonds. The van der Waals surface area contributed by atoms with E-state index in [4.69, 9.17) is 9.47 Å². The number of methoxy groups -OCH3 is 1. The molecule has 2 fully saturated rings. The van der Waals surface area contributed by atoms with Crippen LogP contribution < -0.4 is 30.1 Å². The molecule has 266 valence electrons. The molecular weight excluding hydrogens is 648 g/mol. The second-order valence-corrected chi connectivity index (χ2v) is 13.7. The number of carbonyl (C=O) groups is 3. The van der Waals surface area contributed by atoms with Crippen molar-refractivity contribution >= 4 is 40.5 Å². The van der Waals surface area contributed by atoms with Gasteiger partial charge in [-0.25, -0.2) is 4.98 Å². The molecule has 12 heteroatoms. The molecule has 51 heavy (non-hydrogen) atoms. The molecular formula is C39H44N6O6. The first-order valence-corrected chi connectivity index (χ1v) is 17.7. The number of anilines is 2. The molecule has 2 unspecified atom stereocenters. The first-order valence-electron chi connectivity index (χ1n) is 17.7. The van der Waals surface area contributed by atoms with E-state index in [-0.39, 0.29) is 30.3 Å². The van der Waals surface area contributed by atoms with Crippen LogP contribution in [0.2, 0.25) is 0 Å². The highest BCUT2D eigenvalue weighted by Gasteiger charge is 2.32. The Morgan fingerprint density at radius 1 is 1.12 bits per heavy atom. The van der Waals surface area contributed by atoms with Crippen molar-refractivity contribution in [3.63, 3.8) is 0 Å². The lowest BCUT2D eigenvalue weighted by atomic mass is 9.93. The van der Waals surface area contributed by atoms with Gasteiger partial charge in [0.25, 0.3) is 5.56 Å².